The Hall–Kier alpha value is -1.81. The van der Waals surface area contributed by atoms with Crippen LogP contribution < -0.4 is 0 Å². The van der Waals surface area contributed by atoms with Crippen LogP contribution in [0.5, 0.6) is 0 Å². The molecule has 0 aromatic carbocycles. The van der Waals surface area contributed by atoms with Crippen LogP contribution in [-0.2, 0) is 9.53 Å². The molecule has 2 unspecified atom stereocenters. The van der Waals surface area contributed by atoms with Gasteiger partial charge in [-0.1, -0.05) is 0 Å². The predicted molar refractivity (Wildman–Crippen MR) is 75.6 cm³/mol. The third-order valence-corrected chi connectivity index (χ3v) is 3.80. The number of carboxylic acid groups (broad SMARTS) is 1. The topological polar surface area (TPSA) is 93.9 Å². The predicted octanol–water partition coefficient (Wildman–Crippen LogP) is 1.15. The van der Waals surface area contributed by atoms with Crippen LogP contribution >= 0.6 is 0 Å². The van der Waals surface area contributed by atoms with E-state index in [1.165, 1.54) is 0 Å². The summed E-state index contributed by atoms with van der Waals surface area (Å²) in [6.45, 7) is 3.52. The van der Waals surface area contributed by atoms with Crippen molar-refractivity contribution in [1.82, 2.24) is 9.80 Å². The molecule has 0 saturated carbocycles. The summed E-state index contributed by atoms with van der Waals surface area (Å²) in [6, 6.07) is 1.78. The number of hydrogen-bond donors (Lipinski definition) is 1. The normalized spacial score (nSPS) is 21.7. The van der Waals surface area contributed by atoms with Gasteiger partial charge in [0, 0.05) is 32.8 Å². The zero-order valence-corrected chi connectivity index (χ0v) is 12.6. The number of nitriles is 1. The number of amides is 2. The molecule has 0 aliphatic carbocycles. The fourth-order valence-corrected chi connectivity index (χ4v) is 2.55. The summed E-state index contributed by atoms with van der Waals surface area (Å²) in [5, 5.41) is 17.7. The summed E-state index contributed by atoms with van der Waals surface area (Å²) in [5.41, 5.74) is 0. The van der Waals surface area contributed by atoms with E-state index in [1.807, 2.05) is 13.0 Å². The molecule has 1 heterocycles. The molecule has 0 bridgehead atoms. The highest BCUT2D eigenvalue weighted by Gasteiger charge is 2.33. The van der Waals surface area contributed by atoms with Gasteiger partial charge in [-0.05, 0) is 19.8 Å². The molecule has 1 aliphatic rings. The standard InChI is InChI=1S/C14H23N3O4/c1-11-10-12(13(18)19)4-7-17(11)14(20)16(6-3-5-15)8-9-21-2/h11-12H,3-4,6-10H2,1-2H3,(H,18,19). The molecule has 1 fully saturated rings. The van der Waals surface area contributed by atoms with Gasteiger partial charge in [0.15, 0.2) is 0 Å². The minimum atomic E-state index is -0.797. The Morgan fingerprint density at radius 1 is 1.48 bits per heavy atom. The molecule has 1 rings (SSSR count). The van der Waals surface area contributed by atoms with Gasteiger partial charge in [-0.25, -0.2) is 4.79 Å². The van der Waals surface area contributed by atoms with E-state index in [0.29, 0.717) is 39.1 Å². The zero-order valence-electron chi connectivity index (χ0n) is 12.6. The van der Waals surface area contributed by atoms with Crippen LogP contribution in [0.2, 0.25) is 0 Å². The number of methoxy groups -OCH3 is 1. The van der Waals surface area contributed by atoms with E-state index >= 15 is 0 Å². The third-order valence-electron chi connectivity index (χ3n) is 3.80. The van der Waals surface area contributed by atoms with E-state index in [4.69, 9.17) is 15.1 Å². The van der Waals surface area contributed by atoms with Crippen LogP contribution in [-0.4, -0.2) is 66.3 Å². The van der Waals surface area contributed by atoms with Gasteiger partial charge in [0.25, 0.3) is 0 Å². The quantitative estimate of drug-likeness (QED) is 0.793. The molecule has 0 aromatic heterocycles. The lowest BCUT2D eigenvalue weighted by Crippen LogP contribution is -2.52. The van der Waals surface area contributed by atoms with Crippen molar-refractivity contribution >= 4 is 12.0 Å². The van der Waals surface area contributed by atoms with Gasteiger partial charge >= 0.3 is 12.0 Å². The van der Waals surface area contributed by atoms with Gasteiger partial charge in [-0.2, -0.15) is 5.26 Å². The van der Waals surface area contributed by atoms with Crippen LogP contribution in [0, 0.1) is 17.2 Å². The molecular weight excluding hydrogens is 274 g/mol. The molecular formula is C14H23N3O4. The monoisotopic (exact) mass is 297 g/mol. The van der Waals surface area contributed by atoms with E-state index in [2.05, 4.69) is 0 Å². The fraction of sp³-hybridized carbons (Fsp3) is 0.786. The first-order valence-corrected chi connectivity index (χ1v) is 7.15. The maximum atomic E-state index is 12.5. The number of carbonyl (C=O) groups excluding carboxylic acids is 1. The van der Waals surface area contributed by atoms with E-state index < -0.39 is 5.97 Å². The van der Waals surface area contributed by atoms with Gasteiger partial charge < -0.3 is 19.6 Å². The maximum Gasteiger partial charge on any atom is 0.320 e. The first-order valence-electron chi connectivity index (χ1n) is 7.15. The Morgan fingerprint density at radius 2 is 2.19 bits per heavy atom. The molecule has 118 valence electrons. The molecule has 0 radical (unpaired) electrons. The van der Waals surface area contributed by atoms with Crippen LogP contribution in [0.3, 0.4) is 0 Å². The van der Waals surface area contributed by atoms with Crippen molar-refractivity contribution in [3.05, 3.63) is 0 Å². The number of nitrogens with zero attached hydrogens (tertiary/aromatic N) is 3. The van der Waals surface area contributed by atoms with Crippen LogP contribution in [0.25, 0.3) is 0 Å². The molecule has 0 aromatic rings. The molecule has 21 heavy (non-hydrogen) atoms. The number of carbonyl (C=O) groups is 2. The van der Waals surface area contributed by atoms with E-state index in [0.717, 1.165) is 0 Å². The number of carboxylic acids is 1. The summed E-state index contributed by atoms with van der Waals surface area (Å²) >= 11 is 0. The van der Waals surface area contributed by atoms with E-state index in [9.17, 15) is 9.59 Å². The van der Waals surface area contributed by atoms with Crippen molar-refractivity contribution in [3.8, 4) is 6.07 Å². The van der Waals surface area contributed by atoms with Crippen LogP contribution in [0.1, 0.15) is 26.2 Å². The van der Waals surface area contributed by atoms with Crippen molar-refractivity contribution in [2.24, 2.45) is 5.92 Å². The highest BCUT2D eigenvalue weighted by molar-refractivity contribution is 5.76. The minimum Gasteiger partial charge on any atom is -0.481 e. The number of hydrogen-bond acceptors (Lipinski definition) is 4. The van der Waals surface area contributed by atoms with Gasteiger partial charge in [-0.3, -0.25) is 4.79 Å². The Bertz CT molecular complexity index is 408. The number of ether oxygens (including phenoxy) is 1. The highest BCUT2D eigenvalue weighted by Crippen LogP contribution is 2.24. The average molecular weight is 297 g/mol. The van der Waals surface area contributed by atoms with Crippen molar-refractivity contribution in [2.75, 3.05) is 33.4 Å². The minimum absolute atomic E-state index is 0.112. The molecule has 7 heteroatoms. The zero-order chi connectivity index (χ0) is 15.8. The maximum absolute atomic E-state index is 12.5. The van der Waals surface area contributed by atoms with E-state index in [-0.39, 0.29) is 24.4 Å². The smallest absolute Gasteiger partial charge is 0.320 e. The number of piperidine rings is 1. The summed E-state index contributed by atoms with van der Waals surface area (Å²) in [5.74, 6) is -1.18. The summed E-state index contributed by atoms with van der Waals surface area (Å²) < 4.78 is 4.99. The van der Waals surface area contributed by atoms with Gasteiger partial charge in [0.2, 0.25) is 0 Å². The second-order valence-electron chi connectivity index (χ2n) is 5.27. The fourth-order valence-electron chi connectivity index (χ4n) is 2.55. The molecule has 2 amide bonds. The number of rotatable bonds is 6. The lowest BCUT2D eigenvalue weighted by molar-refractivity contribution is -0.143. The van der Waals surface area contributed by atoms with Gasteiger partial charge in [-0.15, -0.1) is 0 Å². The molecule has 1 saturated heterocycles. The van der Waals surface area contributed by atoms with Crippen LogP contribution in [0.15, 0.2) is 0 Å². The van der Waals surface area contributed by atoms with Crippen LogP contribution in [0.4, 0.5) is 4.79 Å². The third kappa shape index (κ3) is 4.90. The first-order chi connectivity index (χ1) is 10.0. The Kier molecular flexibility index (Phi) is 6.96. The van der Waals surface area contributed by atoms with Gasteiger partial charge in [0.1, 0.15) is 0 Å². The molecule has 2 atom stereocenters. The molecule has 0 spiro atoms. The number of likely N-dealkylation sites (tertiary alicyclic amines) is 1. The van der Waals surface area contributed by atoms with Crippen molar-refractivity contribution in [3.63, 3.8) is 0 Å². The Balaban J connectivity index is 2.65. The lowest BCUT2D eigenvalue weighted by atomic mass is 9.92. The summed E-state index contributed by atoms with van der Waals surface area (Å²) in [4.78, 5) is 26.9. The molecule has 1 N–H and O–H groups in total. The van der Waals surface area contributed by atoms with Crippen molar-refractivity contribution in [1.29, 1.82) is 5.26 Å². The van der Waals surface area contributed by atoms with Crippen molar-refractivity contribution < 1.29 is 19.4 Å². The average Bonchev–Trinajstić information content (AvgIpc) is 2.46. The number of urea groups is 1. The lowest BCUT2D eigenvalue weighted by Gasteiger charge is -2.39. The SMILES string of the molecule is COCCN(CCC#N)C(=O)N1CCC(C(=O)O)CC1C. The summed E-state index contributed by atoms with van der Waals surface area (Å²) in [7, 11) is 1.56. The second-order valence-corrected chi connectivity index (χ2v) is 5.27. The van der Waals surface area contributed by atoms with Gasteiger partial charge in [0.05, 0.1) is 25.0 Å². The first kappa shape index (κ1) is 17.2. The molecule has 1 aliphatic heterocycles. The highest BCUT2D eigenvalue weighted by atomic mass is 16.5. The number of aliphatic carboxylic acids is 1. The molecule has 7 nitrogen and oxygen atoms in total. The Morgan fingerprint density at radius 3 is 2.71 bits per heavy atom. The summed E-state index contributed by atoms with van der Waals surface area (Å²) in [6.07, 6.45) is 1.22. The Labute approximate surface area is 125 Å². The largest absolute Gasteiger partial charge is 0.481 e. The second kappa shape index (κ2) is 8.47. The van der Waals surface area contributed by atoms with E-state index in [1.54, 1.807) is 16.9 Å². The van der Waals surface area contributed by atoms with Crippen molar-refractivity contribution in [2.45, 2.75) is 32.2 Å².